The molecule has 0 aliphatic heterocycles. The number of nitrogens with two attached hydrogens (primary N) is 1. The first-order valence-corrected chi connectivity index (χ1v) is 9.24. The second-order valence-electron chi connectivity index (χ2n) is 6.55. The molecule has 0 aliphatic rings. The molecule has 0 radical (unpaired) electrons. The average molecular weight is 377 g/mol. The van der Waals surface area contributed by atoms with Crippen LogP contribution in [-0.2, 0) is 22.4 Å². The minimum Gasteiger partial charge on any atom is -0.441 e. The Morgan fingerprint density at radius 1 is 1.04 bits per heavy atom. The van der Waals surface area contributed by atoms with E-state index in [0.717, 1.165) is 11.1 Å². The number of benzene rings is 2. The third-order valence-electron chi connectivity index (χ3n) is 4.37. The number of aryl methyl sites for hydroxylation is 1. The first kappa shape index (κ1) is 19.4. The third-order valence-corrected chi connectivity index (χ3v) is 4.37. The van der Waals surface area contributed by atoms with Crippen molar-refractivity contribution < 1.29 is 14.0 Å². The lowest BCUT2D eigenvalue weighted by Gasteiger charge is -2.15. The first-order chi connectivity index (χ1) is 13.6. The third kappa shape index (κ3) is 5.54. The Hall–Kier alpha value is -3.41. The van der Waals surface area contributed by atoms with Crippen LogP contribution in [0.15, 0.2) is 71.3 Å². The second kappa shape index (κ2) is 9.50. The fourth-order valence-electron chi connectivity index (χ4n) is 2.90. The van der Waals surface area contributed by atoms with E-state index in [1.807, 2.05) is 60.7 Å². The summed E-state index contributed by atoms with van der Waals surface area (Å²) in [4.78, 5) is 28.1. The molecular weight excluding hydrogens is 354 g/mol. The zero-order valence-corrected chi connectivity index (χ0v) is 15.5. The standard InChI is InChI=1S/C22H23N3O3/c23-22(27)18(14-16-8-3-1-4-9-16)25-20(26)12-7-13-21-24-15-19(28-21)17-10-5-2-6-11-17/h1-6,8-11,15,18H,7,12-14H2,(H2,23,27)(H,25,26). The van der Waals surface area contributed by atoms with E-state index in [2.05, 4.69) is 10.3 Å². The largest absolute Gasteiger partial charge is 0.441 e. The number of primary amides is 1. The topological polar surface area (TPSA) is 98.2 Å². The van der Waals surface area contributed by atoms with Crippen LogP contribution in [0, 0.1) is 0 Å². The van der Waals surface area contributed by atoms with Gasteiger partial charge < -0.3 is 15.5 Å². The number of nitrogens with zero attached hydrogens (tertiary/aromatic N) is 1. The molecule has 1 unspecified atom stereocenters. The molecule has 1 heterocycles. The molecule has 0 aliphatic carbocycles. The summed E-state index contributed by atoms with van der Waals surface area (Å²) in [6.07, 6.45) is 3.44. The number of hydrogen-bond donors (Lipinski definition) is 2. The summed E-state index contributed by atoms with van der Waals surface area (Å²) >= 11 is 0. The Labute approximate surface area is 163 Å². The van der Waals surface area contributed by atoms with Gasteiger partial charge in [0.2, 0.25) is 11.8 Å². The van der Waals surface area contributed by atoms with Gasteiger partial charge in [-0.25, -0.2) is 4.98 Å². The normalized spacial score (nSPS) is 11.7. The molecule has 28 heavy (non-hydrogen) atoms. The van der Waals surface area contributed by atoms with E-state index in [1.54, 1.807) is 6.20 Å². The van der Waals surface area contributed by atoms with Crippen LogP contribution >= 0.6 is 0 Å². The number of aromatic nitrogens is 1. The summed E-state index contributed by atoms with van der Waals surface area (Å²) in [5.74, 6) is 0.533. The summed E-state index contributed by atoms with van der Waals surface area (Å²) in [6, 6.07) is 18.5. The van der Waals surface area contributed by atoms with Gasteiger partial charge in [0.1, 0.15) is 6.04 Å². The molecule has 0 saturated heterocycles. The molecule has 3 aromatic rings. The van der Waals surface area contributed by atoms with Gasteiger partial charge in [-0.1, -0.05) is 60.7 Å². The van der Waals surface area contributed by atoms with Crippen molar-refractivity contribution in [2.24, 2.45) is 5.73 Å². The van der Waals surface area contributed by atoms with Crippen LogP contribution in [-0.4, -0.2) is 22.8 Å². The number of carbonyl (C=O) groups excluding carboxylic acids is 2. The second-order valence-corrected chi connectivity index (χ2v) is 6.55. The SMILES string of the molecule is NC(=O)C(Cc1ccccc1)NC(=O)CCCc1ncc(-c2ccccc2)o1. The molecule has 1 aromatic heterocycles. The summed E-state index contributed by atoms with van der Waals surface area (Å²) in [5, 5.41) is 2.72. The molecule has 2 amide bonds. The van der Waals surface area contributed by atoms with Gasteiger partial charge in [-0.2, -0.15) is 0 Å². The highest BCUT2D eigenvalue weighted by Crippen LogP contribution is 2.20. The number of rotatable bonds is 9. The average Bonchev–Trinajstić information content (AvgIpc) is 3.18. The van der Waals surface area contributed by atoms with Gasteiger partial charge in [-0.3, -0.25) is 9.59 Å². The van der Waals surface area contributed by atoms with Crippen LogP contribution < -0.4 is 11.1 Å². The highest BCUT2D eigenvalue weighted by molar-refractivity contribution is 5.86. The zero-order valence-electron chi connectivity index (χ0n) is 15.5. The molecule has 1 atom stereocenters. The molecule has 0 fully saturated rings. The van der Waals surface area contributed by atoms with Crippen LogP contribution in [0.25, 0.3) is 11.3 Å². The number of oxazole rings is 1. The predicted octanol–water partition coefficient (Wildman–Crippen LogP) is 2.88. The lowest BCUT2D eigenvalue weighted by Crippen LogP contribution is -2.45. The molecule has 3 rings (SSSR count). The fraction of sp³-hybridized carbons (Fsp3) is 0.227. The van der Waals surface area contributed by atoms with Crippen molar-refractivity contribution in [3.8, 4) is 11.3 Å². The molecule has 2 aromatic carbocycles. The van der Waals surface area contributed by atoms with Crippen molar-refractivity contribution in [1.29, 1.82) is 0 Å². The zero-order chi connectivity index (χ0) is 19.8. The summed E-state index contributed by atoms with van der Waals surface area (Å²) in [6.45, 7) is 0. The number of nitrogens with one attached hydrogen (secondary N) is 1. The van der Waals surface area contributed by atoms with Crippen LogP contribution in [0.5, 0.6) is 0 Å². The molecule has 0 spiro atoms. The van der Waals surface area contributed by atoms with Crippen molar-refractivity contribution >= 4 is 11.8 Å². The monoisotopic (exact) mass is 377 g/mol. The van der Waals surface area contributed by atoms with E-state index in [9.17, 15) is 9.59 Å². The number of carbonyl (C=O) groups is 2. The number of amides is 2. The molecule has 3 N–H and O–H groups in total. The van der Waals surface area contributed by atoms with E-state index < -0.39 is 11.9 Å². The van der Waals surface area contributed by atoms with Crippen LogP contribution in [0.3, 0.4) is 0 Å². The highest BCUT2D eigenvalue weighted by Gasteiger charge is 2.18. The Morgan fingerprint density at radius 2 is 1.71 bits per heavy atom. The van der Waals surface area contributed by atoms with Crippen LogP contribution in [0.1, 0.15) is 24.3 Å². The fourth-order valence-corrected chi connectivity index (χ4v) is 2.90. The van der Waals surface area contributed by atoms with E-state index in [1.165, 1.54) is 0 Å². The summed E-state index contributed by atoms with van der Waals surface area (Å²) < 4.78 is 5.73. The van der Waals surface area contributed by atoms with E-state index >= 15 is 0 Å². The summed E-state index contributed by atoms with van der Waals surface area (Å²) in [7, 11) is 0. The van der Waals surface area contributed by atoms with Crippen LogP contribution in [0.4, 0.5) is 0 Å². The smallest absolute Gasteiger partial charge is 0.240 e. The van der Waals surface area contributed by atoms with Gasteiger partial charge in [0.15, 0.2) is 11.7 Å². The first-order valence-electron chi connectivity index (χ1n) is 9.24. The van der Waals surface area contributed by atoms with Crippen molar-refractivity contribution in [3.05, 3.63) is 78.3 Å². The van der Waals surface area contributed by atoms with Gasteiger partial charge >= 0.3 is 0 Å². The molecule has 6 nitrogen and oxygen atoms in total. The van der Waals surface area contributed by atoms with E-state index in [-0.39, 0.29) is 12.3 Å². The van der Waals surface area contributed by atoms with E-state index in [0.29, 0.717) is 30.9 Å². The van der Waals surface area contributed by atoms with Gasteiger partial charge in [0.25, 0.3) is 0 Å². The Balaban J connectivity index is 1.47. The van der Waals surface area contributed by atoms with Gasteiger partial charge in [-0.05, 0) is 12.0 Å². The van der Waals surface area contributed by atoms with Crippen molar-refractivity contribution in [2.75, 3.05) is 0 Å². The van der Waals surface area contributed by atoms with Gasteiger partial charge in [0.05, 0.1) is 6.20 Å². The molecular formula is C22H23N3O3. The van der Waals surface area contributed by atoms with Crippen molar-refractivity contribution in [3.63, 3.8) is 0 Å². The van der Waals surface area contributed by atoms with Crippen molar-refractivity contribution in [1.82, 2.24) is 10.3 Å². The minimum atomic E-state index is -0.721. The highest BCUT2D eigenvalue weighted by atomic mass is 16.4. The molecule has 6 heteroatoms. The van der Waals surface area contributed by atoms with Crippen LogP contribution in [0.2, 0.25) is 0 Å². The molecule has 144 valence electrons. The Morgan fingerprint density at radius 3 is 2.39 bits per heavy atom. The van der Waals surface area contributed by atoms with E-state index in [4.69, 9.17) is 10.2 Å². The maximum atomic E-state index is 12.2. The molecule has 0 saturated carbocycles. The molecule has 0 bridgehead atoms. The quantitative estimate of drug-likeness (QED) is 0.599. The Kier molecular flexibility index (Phi) is 6.57. The lowest BCUT2D eigenvalue weighted by molar-refractivity contribution is -0.127. The number of hydrogen-bond acceptors (Lipinski definition) is 4. The predicted molar refractivity (Wildman–Crippen MR) is 106 cm³/mol. The van der Waals surface area contributed by atoms with Gasteiger partial charge in [0, 0.05) is 24.8 Å². The Bertz CT molecular complexity index is 907. The minimum absolute atomic E-state index is 0.213. The summed E-state index contributed by atoms with van der Waals surface area (Å²) in [5.41, 5.74) is 7.34. The van der Waals surface area contributed by atoms with Crippen molar-refractivity contribution in [2.45, 2.75) is 31.7 Å². The maximum Gasteiger partial charge on any atom is 0.240 e. The lowest BCUT2D eigenvalue weighted by atomic mass is 10.1. The van der Waals surface area contributed by atoms with Gasteiger partial charge in [-0.15, -0.1) is 0 Å². The maximum absolute atomic E-state index is 12.2.